The van der Waals surface area contributed by atoms with Crippen molar-refractivity contribution < 1.29 is 27.9 Å². The van der Waals surface area contributed by atoms with Gasteiger partial charge < -0.3 is 18.3 Å². The van der Waals surface area contributed by atoms with E-state index in [9.17, 15) is 9.59 Å². The number of fused-ring (bicyclic) bond motifs is 2. The van der Waals surface area contributed by atoms with E-state index < -0.39 is 11.9 Å². The Bertz CT molecular complexity index is 1460. The van der Waals surface area contributed by atoms with Crippen molar-refractivity contribution in [1.82, 2.24) is 9.97 Å². The lowest BCUT2D eigenvalue weighted by molar-refractivity contribution is 0.0502. The third kappa shape index (κ3) is 5.24. The fourth-order valence-corrected chi connectivity index (χ4v) is 3.73. The average Bonchev–Trinajstić information content (AvgIpc) is 3.55. The molecule has 190 valence electrons. The van der Waals surface area contributed by atoms with Crippen molar-refractivity contribution in [3.8, 4) is 22.9 Å². The zero-order valence-electron chi connectivity index (χ0n) is 20.5. The molecule has 5 rings (SSSR count). The number of carbonyl (C=O) groups is 2. The summed E-state index contributed by atoms with van der Waals surface area (Å²) in [5.74, 6) is 0.0395. The molecule has 2 aromatic heterocycles. The van der Waals surface area contributed by atoms with Gasteiger partial charge in [-0.15, -0.1) is 13.2 Å². The van der Waals surface area contributed by atoms with Crippen LogP contribution in [0.2, 0.25) is 0 Å². The zero-order valence-corrected chi connectivity index (χ0v) is 20.5. The van der Waals surface area contributed by atoms with Gasteiger partial charge in [0.05, 0.1) is 24.3 Å². The van der Waals surface area contributed by atoms with Crippen LogP contribution in [0.25, 0.3) is 45.1 Å². The summed E-state index contributed by atoms with van der Waals surface area (Å²) in [5, 5.41) is 0. The van der Waals surface area contributed by atoms with E-state index in [-0.39, 0.29) is 0 Å². The Hall–Kier alpha value is -4.98. The van der Waals surface area contributed by atoms with Crippen molar-refractivity contribution in [2.24, 2.45) is 0 Å². The van der Waals surface area contributed by atoms with Crippen LogP contribution in [0.1, 0.15) is 33.6 Å². The molecule has 0 saturated heterocycles. The molecule has 8 nitrogen and oxygen atoms in total. The molecular formula is C30H24N2O6. The molecule has 5 aromatic rings. The SMILES string of the molecule is C=CCCOC(=O)c1ccc(-c2nc3cc4oc(-c5ccc(C(=O)OCCC=C)cc5)nc4cc3o2)cc1. The first-order valence-corrected chi connectivity index (χ1v) is 12.0. The van der Waals surface area contributed by atoms with E-state index in [1.54, 1.807) is 72.8 Å². The third-order valence-electron chi connectivity index (χ3n) is 5.74. The van der Waals surface area contributed by atoms with Crippen LogP contribution >= 0.6 is 0 Å². The van der Waals surface area contributed by atoms with Gasteiger partial charge in [0.1, 0.15) is 11.0 Å². The topological polar surface area (TPSA) is 105 Å². The van der Waals surface area contributed by atoms with Crippen LogP contribution < -0.4 is 0 Å². The molecule has 0 bridgehead atoms. The summed E-state index contributed by atoms with van der Waals surface area (Å²) < 4.78 is 22.3. The molecule has 3 aromatic carbocycles. The highest BCUT2D eigenvalue weighted by Crippen LogP contribution is 2.31. The van der Waals surface area contributed by atoms with Gasteiger partial charge in [-0.2, -0.15) is 0 Å². The van der Waals surface area contributed by atoms with E-state index in [1.165, 1.54) is 0 Å². The van der Waals surface area contributed by atoms with E-state index in [0.717, 1.165) is 11.1 Å². The van der Waals surface area contributed by atoms with Gasteiger partial charge in [0.25, 0.3) is 0 Å². The molecule has 0 aliphatic carbocycles. The fraction of sp³-hybridized carbons (Fsp3) is 0.133. The number of ether oxygens (including phenoxy) is 2. The summed E-state index contributed by atoms with van der Waals surface area (Å²) in [6.45, 7) is 7.81. The second-order valence-electron chi connectivity index (χ2n) is 8.41. The standard InChI is InChI=1S/C30H24N2O6/c1-3-5-15-35-29(33)21-11-7-19(8-12-21)27-31-23-17-26-24(18-25(23)37-27)32-28(38-26)20-9-13-22(14-10-20)30(34)36-16-6-4-2/h3-4,7-14,17-18H,1-2,5-6,15-16H2. The summed E-state index contributed by atoms with van der Waals surface area (Å²) in [6, 6.07) is 17.3. The van der Waals surface area contributed by atoms with Crippen molar-refractivity contribution in [3.63, 3.8) is 0 Å². The normalized spacial score (nSPS) is 10.9. The molecule has 0 N–H and O–H groups in total. The Kier molecular flexibility index (Phi) is 7.13. The van der Waals surface area contributed by atoms with E-state index in [0.29, 0.717) is 71.2 Å². The second-order valence-corrected chi connectivity index (χ2v) is 8.41. The van der Waals surface area contributed by atoms with E-state index in [4.69, 9.17) is 18.3 Å². The molecule has 38 heavy (non-hydrogen) atoms. The van der Waals surface area contributed by atoms with Gasteiger partial charge in [-0.05, 0) is 61.4 Å². The van der Waals surface area contributed by atoms with Gasteiger partial charge in [0.15, 0.2) is 11.2 Å². The van der Waals surface area contributed by atoms with Gasteiger partial charge in [-0.25, -0.2) is 19.6 Å². The van der Waals surface area contributed by atoms with Crippen LogP contribution in [0.15, 0.2) is 94.8 Å². The molecule has 0 atom stereocenters. The summed E-state index contributed by atoms with van der Waals surface area (Å²) in [6.07, 6.45) is 4.60. The summed E-state index contributed by atoms with van der Waals surface area (Å²) in [5.41, 5.74) is 4.66. The summed E-state index contributed by atoms with van der Waals surface area (Å²) in [4.78, 5) is 33.3. The Morgan fingerprint density at radius 2 is 1.08 bits per heavy atom. The molecule has 0 aliphatic heterocycles. The predicted octanol–water partition coefficient (Wildman–Crippen LogP) is 6.77. The molecular weight excluding hydrogens is 484 g/mol. The van der Waals surface area contributed by atoms with Crippen LogP contribution in [0.3, 0.4) is 0 Å². The fourth-order valence-electron chi connectivity index (χ4n) is 3.73. The minimum atomic E-state index is -0.392. The van der Waals surface area contributed by atoms with E-state index in [1.807, 2.05) is 0 Å². The van der Waals surface area contributed by atoms with Crippen molar-refractivity contribution in [3.05, 3.63) is 97.1 Å². The maximum absolute atomic E-state index is 12.1. The Morgan fingerprint density at radius 1 is 0.684 bits per heavy atom. The average molecular weight is 509 g/mol. The molecule has 0 aliphatic rings. The highest BCUT2D eigenvalue weighted by Gasteiger charge is 2.16. The molecule has 0 unspecified atom stereocenters. The Labute approximate surface area is 218 Å². The molecule has 2 heterocycles. The van der Waals surface area contributed by atoms with Crippen molar-refractivity contribution in [2.45, 2.75) is 12.8 Å². The van der Waals surface area contributed by atoms with Crippen molar-refractivity contribution >= 4 is 34.1 Å². The predicted molar refractivity (Wildman–Crippen MR) is 143 cm³/mol. The maximum Gasteiger partial charge on any atom is 0.338 e. The number of hydrogen-bond acceptors (Lipinski definition) is 8. The largest absolute Gasteiger partial charge is 0.462 e. The Morgan fingerprint density at radius 3 is 1.45 bits per heavy atom. The minimum absolute atomic E-state index is 0.294. The molecule has 0 fully saturated rings. The van der Waals surface area contributed by atoms with Crippen LogP contribution in [-0.4, -0.2) is 35.1 Å². The van der Waals surface area contributed by atoms with Crippen LogP contribution in [0.4, 0.5) is 0 Å². The number of oxazole rings is 2. The van der Waals surface area contributed by atoms with Gasteiger partial charge >= 0.3 is 11.9 Å². The van der Waals surface area contributed by atoms with E-state index >= 15 is 0 Å². The lowest BCUT2D eigenvalue weighted by Crippen LogP contribution is -2.05. The summed E-state index contributed by atoms with van der Waals surface area (Å²) in [7, 11) is 0. The van der Waals surface area contributed by atoms with Crippen LogP contribution in [0.5, 0.6) is 0 Å². The monoisotopic (exact) mass is 508 g/mol. The highest BCUT2D eigenvalue weighted by atomic mass is 16.5. The first-order valence-electron chi connectivity index (χ1n) is 12.0. The maximum atomic E-state index is 12.1. The molecule has 8 heteroatoms. The first kappa shape index (κ1) is 24.7. The molecule has 0 saturated carbocycles. The zero-order chi connectivity index (χ0) is 26.5. The number of hydrogen-bond donors (Lipinski definition) is 0. The molecule has 0 spiro atoms. The quantitative estimate of drug-likeness (QED) is 0.116. The van der Waals surface area contributed by atoms with Gasteiger partial charge in [0, 0.05) is 23.3 Å². The van der Waals surface area contributed by atoms with E-state index in [2.05, 4.69) is 23.1 Å². The van der Waals surface area contributed by atoms with Crippen molar-refractivity contribution in [2.75, 3.05) is 13.2 Å². The Balaban J connectivity index is 1.33. The third-order valence-corrected chi connectivity index (χ3v) is 5.74. The van der Waals surface area contributed by atoms with Crippen LogP contribution in [-0.2, 0) is 9.47 Å². The highest BCUT2D eigenvalue weighted by molar-refractivity contribution is 5.93. The lowest BCUT2D eigenvalue weighted by Gasteiger charge is -2.03. The first-order chi connectivity index (χ1) is 18.6. The number of esters is 2. The van der Waals surface area contributed by atoms with Gasteiger partial charge in [-0.3, -0.25) is 0 Å². The number of nitrogens with zero attached hydrogens (tertiary/aromatic N) is 2. The number of rotatable bonds is 10. The summed E-state index contributed by atoms with van der Waals surface area (Å²) >= 11 is 0. The second kappa shape index (κ2) is 11.0. The van der Waals surface area contributed by atoms with Gasteiger partial charge in [-0.1, -0.05) is 12.2 Å². The van der Waals surface area contributed by atoms with Gasteiger partial charge in [0.2, 0.25) is 11.8 Å². The molecule has 0 amide bonds. The van der Waals surface area contributed by atoms with Crippen LogP contribution in [0, 0.1) is 0 Å². The number of benzene rings is 3. The lowest BCUT2D eigenvalue weighted by atomic mass is 10.1. The smallest absolute Gasteiger partial charge is 0.338 e. The number of aromatic nitrogens is 2. The molecule has 0 radical (unpaired) electrons. The number of carbonyl (C=O) groups excluding carboxylic acids is 2. The van der Waals surface area contributed by atoms with Crippen molar-refractivity contribution in [1.29, 1.82) is 0 Å². The minimum Gasteiger partial charge on any atom is -0.462 e.